The molecular weight excluding hydrogens is 176 g/mol. The van der Waals surface area contributed by atoms with Gasteiger partial charge in [0.1, 0.15) is 0 Å². The average molecular weight is 184 g/mol. The van der Waals surface area contributed by atoms with Crippen LogP contribution in [0.5, 0.6) is 0 Å². The maximum absolute atomic E-state index is 10.7. The van der Waals surface area contributed by atoms with E-state index in [0.29, 0.717) is 5.56 Å². The fraction of sp³-hybridized carbons (Fsp3) is 0. The fourth-order valence-electron chi connectivity index (χ4n) is 0.587. The van der Waals surface area contributed by atoms with Gasteiger partial charge in [0.15, 0.2) is 5.34 Å². The Morgan fingerprint density at radius 2 is 2.00 bits per heavy atom. The molecule has 70 valence electrons. The molecule has 1 aromatic heterocycles. The minimum atomic E-state index is -0.303. The van der Waals surface area contributed by atoms with E-state index < -0.39 is 0 Å². The summed E-state index contributed by atoms with van der Waals surface area (Å²) in [6.45, 7) is 0. The third-order valence-corrected chi connectivity index (χ3v) is 1.07. The second-order valence-electron chi connectivity index (χ2n) is 1.79. The molecule has 0 aliphatic heterocycles. The van der Waals surface area contributed by atoms with Crippen LogP contribution in [0.3, 0.4) is 0 Å². The summed E-state index contributed by atoms with van der Waals surface area (Å²) in [5.41, 5.74) is 2.53. The number of carbonyl (C=O) groups is 1. The summed E-state index contributed by atoms with van der Waals surface area (Å²) in [7, 11) is 0. The Kier molecular flexibility index (Phi) is 5.64. The number of nitrogens with zero attached hydrogens (tertiary/aromatic N) is 2. The maximum atomic E-state index is 10.7. The van der Waals surface area contributed by atoms with Gasteiger partial charge in [0, 0.05) is 18.0 Å². The van der Waals surface area contributed by atoms with Crippen molar-refractivity contribution in [1.82, 2.24) is 10.4 Å². The molecular formula is C6H8N4O3. The lowest BCUT2D eigenvalue weighted by Crippen LogP contribution is -2.29. The quantitative estimate of drug-likeness (QED) is 0.242. The highest BCUT2D eigenvalue weighted by Crippen LogP contribution is 1.93. The predicted molar refractivity (Wildman–Crippen MR) is 43.5 cm³/mol. The fourth-order valence-corrected chi connectivity index (χ4v) is 0.587. The first-order valence-corrected chi connectivity index (χ1v) is 3.14. The molecule has 0 spiro atoms. The van der Waals surface area contributed by atoms with Crippen LogP contribution in [-0.2, 0) is 0 Å². The molecule has 0 aliphatic rings. The van der Waals surface area contributed by atoms with Crippen molar-refractivity contribution in [3.05, 3.63) is 35.0 Å². The highest BCUT2D eigenvalue weighted by molar-refractivity contribution is 5.93. The average Bonchev–Trinajstić information content (AvgIpc) is 2.19. The van der Waals surface area contributed by atoms with E-state index >= 15 is 0 Å². The van der Waals surface area contributed by atoms with Crippen LogP contribution in [0.25, 0.3) is 0 Å². The number of pyridine rings is 1. The number of hydrogen-bond acceptors (Lipinski definition) is 5. The molecule has 0 saturated heterocycles. The monoisotopic (exact) mass is 184 g/mol. The normalized spacial score (nSPS) is 7.77. The number of hydrazine groups is 1. The summed E-state index contributed by atoms with van der Waals surface area (Å²) in [6, 6.07) is 3.17. The number of amides is 1. The molecule has 1 rings (SSSR count). The van der Waals surface area contributed by atoms with Gasteiger partial charge in [-0.25, -0.2) is 5.84 Å². The van der Waals surface area contributed by atoms with E-state index in [1.807, 2.05) is 5.43 Å². The van der Waals surface area contributed by atoms with Crippen molar-refractivity contribution >= 4 is 5.91 Å². The number of aromatic nitrogens is 1. The molecule has 4 N–H and O–H groups in total. The standard InChI is InChI=1S/C6H7N3O.HNO2/c7-9-6(10)5-1-3-8-4-2-5;2-1-3/h1-4H,7H2,(H,9,10);(H,2,3). The molecule has 1 heterocycles. The van der Waals surface area contributed by atoms with Gasteiger partial charge >= 0.3 is 0 Å². The Balaban J connectivity index is 0.000000424. The molecule has 1 amide bonds. The van der Waals surface area contributed by atoms with E-state index in [1.165, 1.54) is 17.7 Å². The van der Waals surface area contributed by atoms with Gasteiger partial charge in [0.25, 0.3) is 5.91 Å². The third-order valence-electron chi connectivity index (χ3n) is 1.07. The van der Waals surface area contributed by atoms with Gasteiger partial charge in [0.2, 0.25) is 0 Å². The summed E-state index contributed by atoms with van der Waals surface area (Å²) < 4.78 is 0. The Hall–Kier alpha value is -2.02. The zero-order valence-corrected chi connectivity index (χ0v) is 6.54. The number of nitrogen functional groups attached to an aromatic ring is 1. The number of nitrogens with one attached hydrogen (secondary N) is 1. The summed E-state index contributed by atoms with van der Waals surface area (Å²) in [5, 5.41) is 7.89. The minimum absolute atomic E-state index is 0.303. The first kappa shape index (κ1) is 11.0. The highest BCUT2D eigenvalue weighted by atomic mass is 16.6. The topological polar surface area (TPSA) is 118 Å². The van der Waals surface area contributed by atoms with Gasteiger partial charge in [-0.1, -0.05) is 0 Å². The molecule has 13 heavy (non-hydrogen) atoms. The van der Waals surface area contributed by atoms with E-state index in [4.69, 9.17) is 16.0 Å². The SMILES string of the molecule is NNC(=O)c1ccncc1.O=NO. The van der Waals surface area contributed by atoms with Crippen LogP contribution in [0, 0.1) is 4.91 Å². The van der Waals surface area contributed by atoms with E-state index in [1.54, 1.807) is 12.1 Å². The second-order valence-corrected chi connectivity index (χ2v) is 1.79. The lowest BCUT2D eigenvalue weighted by atomic mass is 10.3. The number of nitrogens with two attached hydrogens (primary N) is 1. The van der Waals surface area contributed by atoms with Crippen LogP contribution in [0.15, 0.2) is 29.9 Å². The zero-order chi connectivity index (χ0) is 10.1. The van der Waals surface area contributed by atoms with E-state index in [9.17, 15) is 4.79 Å². The van der Waals surface area contributed by atoms with Crippen LogP contribution in [-0.4, -0.2) is 16.1 Å². The summed E-state index contributed by atoms with van der Waals surface area (Å²) in [5.74, 6) is 4.58. The molecule has 7 heteroatoms. The molecule has 0 unspecified atom stereocenters. The second kappa shape index (κ2) is 6.68. The van der Waals surface area contributed by atoms with Crippen molar-refractivity contribution in [3.63, 3.8) is 0 Å². The van der Waals surface area contributed by atoms with Gasteiger partial charge in [-0.3, -0.25) is 15.2 Å². The van der Waals surface area contributed by atoms with Crippen LogP contribution in [0.4, 0.5) is 0 Å². The summed E-state index contributed by atoms with van der Waals surface area (Å²) in [4.78, 5) is 22.6. The lowest BCUT2D eigenvalue weighted by Gasteiger charge is -1.95. The van der Waals surface area contributed by atoms with Crippen molar-refractivity contribution in [3.8, 4) is 0 Å². The molecule has 0 fully saturated rings. The van der Waals surface area contributed by atoms with Crippen LogP contribution < -0.4 is 11.3 Å². The smallest absolute Gasteiger partial charge is 0.265 e. The predicted octanol–water partition coefficient (Wildman–Crippen LogP) is -0.173. The van der Waals surface area contributed by atoms with E-state index in [-0.39, 0.29) is 5.91 Å². The van der Waals surface area contributed by atoms with Gasteiger partial charge in [-0.05, 0) is 12.1 Å². The van der Waals surface area contributed by atoms with Gasteiger partial charge in [0.05, 0.1) is 0 Å². The maximum Gasteiger partial charge on any atom is 0.265 e. The van der Waals surface area contributed by atoms with Crippen molar-refractivity contribution in [1.29, 1.82) is 0 Å². The van der Waals surface area contributed by atoms with Crippen molar-refractivity contribution in [2.75, 3.05) is 0 Å². The Morgan fingerprint density at radius 1 is 1.54 bits per heavy atom. The largest absolute Gasteiger partial charge is 0.379 e. The van der Waals surface area contributed by atoms with Crippen molar-refractivity contribution in [2.24, 2.45) is 11.2 Å². The molecule has 0 bridgehead atoms. The Morgan fingerprint density at radius 3 is 2.38 bits per heavy atom. The third kappa shape index (κ3) is 4.43. The number of hydrogen-bond donors (Lipinski definition) is 3. The molecule has 0 atom stereocenters. The molecule has 0 aromatic carbocycles. The summed E-state index contributed by atoms with van der Waals surface area (Å²) >= 11 is 0. The molecule has 0 radical (unpaired) electrons. The van der Waals surface area contributed by atoms with Crippen LogP contribution in [0.1, 0.15) is 10.4 Å². The Bertz CT molecular complexity index is 264. The zero-order valence-electron chi connectivity index (χ0n) is 6.54. The molecule has 0 saturated carbocycles. The minimum Gasteiger partial charge on any atom is -0.379 e. The summed E-state index contributed by atoms with van der Waals surface area (Å²) in [6.07, 6.45) is 3.06. The van der Waals surface area contributed by atoms with Crippen molar-refractivity contribution < 1.29 is 10.0 Å². The van der Waals surface area contributed by atoms with Crippen LogP contribution in [0.2, 0.25) is 0 Å². The number of rotatable bonds is 1. The van der Waals surface area contributed by atoms with Crippen molar-refractivity contribution in [2.45, 2.75) is 0 Å². The first-order chi connectivity index (χ1) is 6.26. The first-order valence-electron chi connectivity index (χ1n) is 3.14. The number of carbonyl (C=O) groups excluding carboxylic acids is 1. The van der Waals surface area contributed by atoms with E-state index in [2.05, 4.69) is 4.98 Å². The molecule has 1 aromatic rings. The highest BCUT2D eigenvalue weighted by Gasteiger charge is 1.98. The van der Waals surface area contributed by atoms with Gasteiger partial charge in [-0.15, -0.1) is 4.91 Å². The van der Waals surface area contributed by atoms with Gasteiger partial charge in [-0.2, -0.15) is 0 Å². The van der Waals surface area contributed by atoms with Crippen LogP contribution >= 0.6 is 0 Å². The van der Waals surface area contributed by atoms with Gasteiger partial charge < -0.3 is 5.21 Å². The molecule has 7 nitrogen and oxygen atoms in total. The van der Waals surface area contributed by atoms with E-state index in [0.717, 1.165) is 0 Å². The Labute approximate surface area is 73.5 Å². The lowest BCUT2D eigenvalue weighted by molar-refractivity contribution is 0.0953. The molecule has 0 aliphatic carbocycles.